The molecule has 2 amide bonds. The summed E-state index contributed by atoms with van der Waals surface area (Å²) in [6.07, 6.45) is -0.384. The van der Waals surface area contributed by atoms with Crippen LogP contribution in [0.3, 0.4) is 0 Å². The molecule has 0 atom stereocenters. The molecule has 218 valence electrons. The largest absolute Gasteiger partial charge is 0.490 e. The second-order valence-corrected chi connectivity index (χ2v) is 11.3. The van der Waals surface area contributed by atoms with Crippen LogP contribution < -0.4 is 10.0 Å². The predicted molar refractivity (Wildman–Crippen MR) is 141 cm³/mol. The Morgan fingerprint density at radius 2 is 1.65 bits per heavy atom. The second kappa shape index (κ2) is 12.7. The van der Waals surface area contributed by atoms with Crippen molar-refractivity contribution >= 4 is 33.5 Å². The molecule has 9 nitrogen and oxygen atoms in total. The molecular formula is C27H32F3N3O6S. The number of halogens is 3. The summed E-state index contributed by atoms with van der Waals surface area (Å²) in [5.41, 5.74) is 1.90. The molecule has 1 heterocycles. The van der Waals surface area contributed by atoms with Gasteiger partial charge in [0.2, 0.25) is 11.8 Å². The van der Waals surface area contributed by atoms with Crippen molar-refractivity contribution in [3.63, 3.8) is 0 Å². The number of alkyl halides is 3. The third kappa shape index (κ3) is 7.96. The highest BCUT2D eigenvalue weighted by Gasteiger charge is 2.51. The number of aliphatic carboxylic acids is 1. The van der Waals surface area contributed by atoms with Crippen molar-refractivity contribution in [2.45, 2.75) is 61.9 Å². The lowest BCUT2D eigenvalue weighted by Gasteiger charge is -2.18. The number of anilines is 1. The van der Waals surface area contributed by atoms with Gasteiger partial charge in [0.05, 0.1) is 10.3 Å². The van der Waals surface area contributed by atoms with Gasteiger partial charge in [-0.25, -0.2) is 13.2 Å². The first-order chi connectivity index (χ1) is 18.8. The molecule has 3 N–H and O–H groups in total. The van der Waals surface area contributed by atoms with Crippen LogP contribution >= 0.6 is 0 Å². The van der Waals surface area contributed by atoms with Crippen LogP contribution in [0.2, 0.25) is 0 Å². The first-order valence-corrected chi connectivity index (χ1v) is 14.4. The molecule has 13 heteroatoms. The summed E-state index contributed by atoms with van der Waals surface area (Å²) in [5, 5.41) is 10.1. The number of hydrogen-bond donors (Lipinski definition) is 3. The molecule has 0 aromatic heterocycles. The number of hydrogen-bond acceptors (Lipinski definition) is 5. The molecular weight excluding hydrogens is 551 g/mol. The van der Waals surface area contributed by atoms with Crippen LogP contribution in [0.5, 0.6) is 0 Å². The van der Waals surface area contributed by atoms with Gasteiger partial charge in [0.1, 0.15) is 0 Å². The minimum Gasteiger partial charge on any atom is -0.475 e. The summed E-state index contributed by atoms with van der Waals surface area (Å²) < 4.78 is 59.7. The topological polar surface area (TPSA) is 133 Å². The van der Waals surface area contributed by atoms with Gasteiger partial charge in [-0.15, -0.1) is 0 Å². The van der Waals surface area contributed by atoms with E-state index >= 15 is 0 Å². The molecule has 2 aromatic carbocycles. The van der Waals surface area contributed by atoms with Gasteiger partial charge in [-0.05, 0) is 67.5 Å². The third-order valence-corrected chi connectivity index (χ3v) is 8.22. The number of aryl methyl sites for hydroxylation is 1. The monoisotopic (exact) mass is 583 g/mol. The Bertz CT molecular complexity index is 1310. The van der Waals surface area contributed by atoms with E-state index in [4.69, 9.17) is 9.90 Å². The van der Waals surface area contributed by atoms with Crippen LogP contribution in [-0.2, 0) is 36.2 Å². The maximum atomic E-state index is 12.8. The highest BCUT2D eigenvalue weighted by Crippen LogP contribution is 2.48. The summed E-state index contributed by atoms with van der Waals surface area (Å²) in [4.78, 5) is 35.5. The van der Waals surface area contributed by atoms with E-state index in [2.05, 4.69) is 10.0 Å². The number of carboxylic acids is 1. The normalized spacial score (nSPS) is 16.1. The van der Waals surface area contributed by atoms with E-state index in [1.165, 1.54) is 0 Å². The number of nitrogens with zero attached hydrogens (tertiary/aromatic N) is 1. The lowest BCUT2D eigenvalue weighted by atomic mass is 9.95. The van der Waals surface area contributed by atoms with Gasteiger partial charge in [0.15, 0.2) is 0 Å². The van der Waals surface area contributed by atoms with Crippen molar-refractivity contribution in [3.05, 3.63) is 59.7 Å². The Morgan fingerprint density at radius 1 is 1.05 bits per heavy atom. The van der Waals surface area contributed by atoms with E-state index in [-0.39, 0.29) is 16.7 Å². The van der Waals surface area contributed by atoms with E-state index < -0.39 is 27.6 Å². The minimum atomic E-state index is -5.08. The fourth-order valence-electron chi connectivity index (χ4n) is 4.33. The van der Waals surface area contributed by atoms with Crippen LogP contribution in [0.25, 0.3) is 0 Å². The van der Waals surface area contributed by atoms with Crippen molar-refractivity contribution in [2.24, 2.45) is 0 Å². The highest BCUT2D eigenvalue weighted by atomic mass is 32.2. The van der Waals surface area contributed by atoms with E-state index in [1.807, 2.05) is 36.1 Å². The van der Waals surface area contributed by atoms with Crippen molar-refractivity contribution in [1.29, 1.82) is 0 Å². The van der Waals surface area contributed by atoms with Crippen molar-refractivity contribution in [3.8, 4) is 0 Å². The molecule has 0 radical (unpaired) electrons. The lowest BCUT2D eigenvalue weighted by molar-refractivity contribution is -0.192. The van der Waals surface area contributed by atoms with Gasteiger partial charge in [-0.2, -0.15) is 13.2 Å². The smallest absolute Gasteiger partial charge is 0.475 e. The van der Waals surface area contributed by atoms with Crippen LogP contribution in [0.1, 0.15) is 50.2 Å². The average molecular weight is 584 g/mol. The molecule has 1 saturated heterocycles. The number of carbonyl (C=O) groups is 3. The average Bonchev–Trinajstić information content (AvgIpc) is 3.62. The third-order valence-electron chi connectivity index (χ3n) is 6.82. The van der Waals surface area contributed by atoms with E-state index in [1.54, 1.807) is 24.3 Å². The second-order valence-electron chi connectivity index (χ2n) is 9.66. The zero-order valence-corrected chi connectivity index (χ0v) is 22.8. The van der Waals surface area contributed by atoms with Crippen molar-refractivity contribution < 1.29 is 41.1 Å². The van der Waals surface area contributed by atoms with Gasteiger partial charge in [0.25, 0.3) is 10.0 Å². The van der Waals surface area contributed by atoms with Gasteiger partial charge in [-0.3, -0.25) is 14.3 Å². The Balaban J connectivity index is 0.000000559. The first kappa shape index (κ1) is 30.9. The Hall–Kier alpha value is -3.61. The summed E-state index contributed by atoms with van der Waals surface area (Å²) in [6.45, 7) is 4.06. The van der Waals surface area contributed by atoms with E-state index in [0.29, 0.717) is 25.2 Å². The Morgan fingerprint density at radius 3 is 2.12 bits per heavy atom. The summed E-state index contributed by atoms with van der Waals surface area (Å²) in [6, 6.07) is 13.9. The molecule has 0 bridgehead atoms. The zero-order chi connectivity index (χ0) is 29.6. The van der Waals surface area contributed by atoms with E-state index in [9.17, 15) is 31.2 Å². The number of sulfonamides is 1. The van der Waals surface area contributed by atoms with Crippen LogP contribution in [-0.4, -0.2) is 62.0 Å². The minimum absolute atomic E-state index is 0.000377. The van der Waals surface area contributed by atoms with Gasteiger partial charge >= 0.3 is 12.1 Å². The quantitative estimate of drug-likeness (QED) is 0.364. The molecule has 4 rings (SSSR count). The fraction of sp³-hybridized carbons (Fsp3) is 0.444. The maximum Gasteiger partial charge on any atom is 0.490 e. The number of rotatable bonds is 10. The molecule has 0 unspecified atom stereocenters. The zero-order valence-electron chi connectivity index (χ0n) is 22.0. The van der Waals surface area contributed by atoms with Crippen LogP contribution in [0.4, 0.5) is 18.9 Å². The molecule has 1 aliphatic carbocycles. The lowest BCUT2D eigenvalue weighted by Crippen LogP contribution is -2.36. The Labute approximate surface area is 230 Å². The predicted octanol–water partition coefficient (Wildman–Crippen LogP) is 3.84. The fourth-order valence-corrected chi connectivity index (χ4v) is 5.39. The van der Waals surface area contributed by atoms with E-state index in [0.717, 1.165) is 49.8 Å². The molecule has 40 heavy (non-hydrogen) atoms. The first-order valence-electron chi connectivity index (χ1n) is 12.9. The standard InChI is InChI=1S/C25H31N3O4S.C2HF3O2/c1-2-19-6-12-22(13-7-19)33(31,32)27-21-10-8-20(9-11-21)25(14-15-25)24(30)26-16-4-18-28-17-3-5-23(28)29;3-2(4,5)1(6)7/h6-13,27H,2-5,14-18H2,1H3,(H,26,30);(H,6,7). The van der Waals surface area contributed by atoms with Crippen molar-refractivity contribution in [1.82, 2.24) is 10.2 Å². The highest BCUT2D eigenvalue weighted by molar-refractivity contribution is 7.92. The summed E-state index contributed by atoms with van der Waals surface area (Å²) >= 11 is 0. The number of nitrogens with one attached hydrogen (secondary N) is 2. The van der Waals surface area contributed by atoms with Gasteiger partial charge in [-0.1, -0.05) is 31.2 Å². The molecule has 1 saturated carbocycles. The summed E-state index contributed by atoms with van der Waals surface area (Å²) in [5.74, 6) is -2.55. The van der Waals surface area contributed by atoms with Crippen molar-refractivity contribution in [2.75, 3.05) is 24.4 Å². The molecule has 2 aliphatic rings. The SMILES string of the molecule is CCc1ccc(S(=O)(=O)Nc2ccc(C3(C(=O)NCCCN4CCCC4=O)CC3)cc2)cc1.O=C(O)C(F)(F)F. The Kier molecular flexibility index (Phi) is 9.82. The van der Waals surface area contributed by atoms with Crippen LogP contribution in [0, 0.1) is 0 Å². The number of carboxylic acid groups (broad SMARTS) is 1. The summed E-state index contributed by atoms with van der Waals surface area (Å²) in [7, 11) is -3.67. The molecule has 1 aliphatic heterocycles. The van der Waals surface area contributed by atoms with Gasteiger partial charge < -0.3 is 15.3 Å². The maximum absolute atomic E-state index is 12.8. The van der Waals surface area contributed by atoms with Gasteiger partial charge in [0, 0.05) is 31.7 Å². The molecule has 0 spiro atoms. The molecule has 2 fully saturated rings. The van der Waals surface area contributed by atoms with Crippen LogP contribution in [0.15, 0.2) is 53.4 Å². The number of amides is 2. The number of benzene rings is 2. The molecule has 2 aromatic rings. The number of carbonyl (C=O) groups excluding carboxylic acids is 2. The number of likely N-dealkylation sites (tertiary alicyclic amines) is 1.